The molecule has 1 heterocycles. The Kier molecular flexibility index (Phi) is 4.07. The summed E-state index contributed by atoms with van der Waals surface area (Å²) in [6, 6.07) is 4.70. The van der Waals surface area contributed by atoms with Crippen molar-refractivity contribution in [2.45, 2.75) is 25.8 Å². The van der Waals surface area contributed by atoms with Crippen LogP contribution in [0.5, 0.6) is 0 Å². The van der Waals surface area contributed by atoms with E-state index in [9.17, 15) is 14.7 Å². The molecule has 0 saturated heterocycles. The lowest BCUT2D eigenvalue weighted by atomic mass is 9.97. The highest BCUT2D eigenvalue weighted by Crippen LogP contribution is 2.21. The number of aryl methyl sites for hydroxylation is 1. The van der Waals surface area contributed by atoms with E-state index in [1.165, 1.54) is 24.7 Å². The Bertz CT molecular complexity index is 466. The first-order valence-corrected chi connectivity index (χ1v) is 5.35. The van der Waals surface area contributed by atoms with Gasteiger partial charge in [-0.25, -0.2) is 4.79 Å². The number of nitrogens with zero attached hydrogens (tertiary/aromatic N) is 1. The largest absolute Gasteiger partial charge is 0.479 e. The maximum atomic E-state index is 11.8. The summed E-state index contributed by atoms with van der Waals surface area (Å²) in [6.07, 6.45) is 0.240. The van der Waals surface area contributed by atoms with E-state index >= 15 is 0 Å². The minimum absolute atomic E-state index is 0.240. The Morgan fingerprint density at radius 1 is 1.53 bits per heavy atom. The summed E-state index contributed by atoms with van der Waals surface area (Å²) in [5, 5.41) is 9.35. The molecular formula is C12H17NO4. The van der Waals surface area contributed by atoms with E-state index in [1.807, 2.05) is 0 Å². The average molecular weight is 239 g/mol. The molecule has 0 aromatic carbocycles. The fourth-order valence-electron chi connectivity index (χ4n) is 1.84. The molecule has 0 radical (unpaired) electrons. The zero-order valence-corrected chi connectivity index (χ0v) is 10.3. The van der Waals surface area contributed by atoms with Crippen molar-refractivity contribution in [1.82, 2.24) is 4.57 Å². The number of carboxylic acid groups (broad SMARTS) is 1. The molecule has 5 nitrogen and oxygen atoms in total. The summed E-state index contributed by atoms with van der Waals surface area (Å²) in [7, 11) is 1.50. The molecule has 0 aliphatic carbocycles. The number of methoxy groups -OCH3 is 1. The molecular weight excluding hydrogens is 222 g/mol. The lowest BCUT2D eigenvalue weighted by Gasteiger charge is -2.29. The molecule has 0 aliphatic rings. The van der Waals surface area contributed by atoms with Gasteiger partial charge in [0.05, 0.1) is 0 Å². The normalized spacial score (nSPS) is 14.3. The van der Waals surface area contributed by atoms with Crippen LogP contribution in [0, 0.1) is 6.92 Å². The standard InChI is InChI=1S/C12H17NO4/c1-9-5-4-6-10(14)13(9)12(2,11(15)16)7-8-17-3/h4-6H,7-8H2,1-3H3,(H,15,16). The topological polar surface area (TPSA) is 68.5 Å². The SMILES string of the molecule is COCCC(C)(C(=O)O)n1c(C)cccc1=O. The van der Waals surface area contributed by atoms with Crippen LogP contribution >= 0.6 is 0 Å². The number of hydrogen-bond donors (Lipinski definition) is 1. The van der Waals surface area contributed by atoms with Gasteiger partial charge in [-0.15, -0.1) is 0 Å². The minimum atomic E-state index is -1.28. The second-order valence-corrected chi connectivity index (χ2v) is 4.16. The Balaban J connectivity index is 3.32. The van der Waals surface area contributed by atoms with E-state index < -0.39 is 11.5 Å². The second kappa shape index (κ2) is 5.14. The molecule has 5 heteroatoms. The quantitative estimate of drug-likeness (QED) is 0.832. The Labute approximate surface area is 99.6 Å². The Morgan fingerprint density at radius 3 is 2.65 bits per heavy atom. The van der Waals surface area contributed by atoms with Gasteiger partial charge >= 0.3 is 5.97 Å². The molecule has 0 saturated carbocycles. The first kappa shape index (κ1) is 13.4. The van der Waals surface area contributed by atoms with Gasteiger partial charge in [0.1, 0.15) is 5.54 Å². The van der Waals surface area contributed by atoms with Gasteiger partial charge in [0.2, 0.25) is 0 Å². The van der Waals surface area contributed by atoms with E-state index in [0.717, 1.165) is 0 Å². The first-order chi connectivity index (χ1) is 7.93. The number of aromatic nitrogens is 1. The Hall–Kier alpha value is -1.62. The predicted molar refractivity (Wildman–Crippen MR) is 63.2 cm³/mol. The van der Waals surface area contributed by atoms with Gasteiger partial charge in [-0.3, -0.25) is 9.36 Å². The van der Waals surface area contributed by atoms with E-state index in [2.05, 4.69) is 0 Å². The van der Waals surface area contributed by atoms with Crippen LogP contribution in [0.25, 0.3) is 0 Å². The number of hydrogen-bond acceptors (Lipinski definition) is 3. The molecule has 1 aromatic heterocycles. The number of aliphatic carboxylic acids is 1. The molecule has 0 bridgehead atoms. The van der Waals surface area contributed by atoms with Crippen LogP contribution in [0.3, 0.4) is 0 Å². The van der Waals surface area contributed by atoms with Gasteiger partial charge in [-0.1, -0.05) is 6.07 Å². The molecule has 0 aliphatic heterocycles. The van der Waals surface area contributed by atoms with E-state index in [-0.39, 0.29) is 18.6 Å². The Morgan fingerprint density at radius 2 is 2.18 bits per heavy atom. The first-order valence-electron chi connectivity index (χ1n) is 5.35. The van der Waals surface area contributed by atoms with Crippen LogP contribution in [0.15, 0.2) is 23.0 Å². The monoisotopic (exact) mass is 239 g/mol. The maximum absolute atomic E-state index is 11.8. The van der Waals surface area contributed by atoms with Gasteiger partial charge < -0.3 is 9.84 Å². The molecule has 1 unspecified atom stereocenters. The predicted octanol–water partition coefficient (Wildman–Crippen LogP) is 0.993. The average Bonchev–Trinajstić information content (AvgIpc) is 2.25. The molecule has 1 N–H and O–H groups in total. The van der Waals surface area contributed by atoms with Crippen molar-refractivity contribution in [3.05, 3.63) is 34.2 Å². The summed E-state index contributed by atoms with van der Waals surface area (Å²) in [6.45, 7) is 3.53. The van der Waals surface area contributed by atoms with Gasteiger partial charge in [0.15, 0.2) is 0 Å². The summed E-state index contributed by atoms with van der Waals surface area (Å²) in [4.78, 5) is 23.2. The van der Waals surface area contributed by atoms with Crippen molar-refractivity contribution in [3.63, 3.8) is 0 Å². The number of carboxylic acids is 1. The van der Waals surface area contributed by atoms with Crippen molar-refractivity contribution in [3.8, 4) is 0 Å². The van der Waals surface area contributed by atoms with E-state index in [1.54, 1.807) is 19.1 Å². The summed E-state index contributed by atoms with van der Waals surface area (Å²) in [5.41, 5.74) is -0.970. The highest BCUT2D eigenvalue weighted by atomic mass is 16.5. The van der Waals surface area contributed by atoms with Crippen LogP contribution < -0.4 is 5.56 Å². The smallest absolute Gasteiger partial charge is 0.329 e. The van der Waals surface area contributed by atoms with Crippen LogP contribution in [0.4, 0.5) is 0 Å². The summed E-state index contributed by atoms with van der Waals surface area (Å²) >= 11 is 0. The molecule has 1 atom stereocenters. The van der Waals surface area contributed by atoms with Crippen LogP contribution in [-0.4, -0.2) is 29.4 Å². The number of pyridine rings is 1. The fraction of sp³-hybridized carbons (Fsp3) is 0.500. The van der Waals surface area contributed by atoms with E-state index in [4.69, 9.17) is 4.74 Å². The van der Waals surface area contributed by atoms with E-state index in [0.29, 0.717) is 5.69 Å². The van der Waals surface area contributed by atoms with Crippen LogP contribution in [-0.2, 0) is 15.1 Å². The number of ether oxygens (including phenoxy) is 1. The lowest BCUT2D eigenvalue weighted by molar-refractivity contribution is -0.147. The van der Waals surface area contributed by atoms with Gasteiger partial charge in [0.25, 0.3) is 5.56 Å². The highest BCUT2D eigenvalue weighted by molar-refractivity contribution is 5.76. The maximum Gasteiger partial charge on any atom is 0.329 e. The van der Waals surface area contributed by atoms with Crippen LogP contribution in [0.2, 0.25) is 0 Å². The zero-order valence-electron chi connectivity index (χ0n) is 10.3. The van der Waals surface area contributed by atoms with Crippen molar-refractivity contribution in [2.24, 2.45) is 0 Å². The summed E-state index contributed by atoms with van der Waals surface area (Å²) in [5.74, 6) is -1.04. The minimum Gasteiger partial charge on any atom is -0.479 e. The summed E-state index contributed by atoms with van der Waals surface area (Å²) < 4.78 is 6.21. The zero-order chi connectivity index (χ0) is 13.1. The lowest BCUT2D eigenvalue weighted by Crippen LogP contribution is -2.46. The fourth-order valence-corrected chi connectivity index (χ4v) is 1.84. The molecule has 1 aromatic rings. The molecule has 94 valence electrons. The third-order valence-corrected chi connectivity index (χ3v) is 2.90. The molecule has 17 heavy (non-hydrogen) atoms. The molecule has 0 amide bonds. The van der Waals surface area contributed by atoms with Gasteiger partial charge in [0, 0.05) is 31.9 Å². The highest BCUT2D eigenvalue weighted by Gasteiger charge is 2.36. The third kappa shape index (κ3) is 2.55. The van der Waals surface area contributed by atoms with Crippen molar-refractivity contribution >= 4 is 5.97 Å². The van der Waals surface area contributed by atoms with Crippen molar-refractivity contribution in [2.75, 3.05) is 13.7 Å². The molecule has 1 rings (SSSR count). The van der Waals surface area contributed by atoms with Crippen molar-refractivity contribution in [1.29, 1.82) is 0 Å². The second-order valence-electron chi connectivity index (χ2n) is 4.16. The number of carbonyl (C=O) groups is 1. The number of rotatable bonds is 5. The van der Waals surface area contributed by atoms with Gasteiger partial charge in [-0.05, 0) is 19.9 Å². The molecule has 0 spiro atoms. The molecule has 0 fully saturated rings. The van der Waals surface area contributed by atoms with Crippen molar-refractivity contribution < 1.29 is 14.6 Å². The third-order valence-electron chi connectivity index (χ3n) is 2.90. The van der Waals surface area contributed by atoms with Crippen LogP contribution in [0.1, 0.15) is 19.0 Å². The van der Waals surface area contributed by atoms with Gasteiger partial charge in [-0.2, -0.15) is 0 Å².